The Balaban J connectivity index is 1.64. The third-order valence-electron chi connectivity index (χ3n) is 4.54. The van der Waals surface area contributed by atoms with Crippen molar-refractivity contribution in [2.75, 3.05) is 7.11 Å². The summed E-state index contributed by atoms with van der Waals surface area (Å²) in [6.07, 6.45) is 4.82. The molecule has 144 valence electrons. The number of carbonyl (C=O) groups is 1. The zero-order valence-corrected chi connectivity index (χ0v) is 15.7. The Bertz CT molecular complexity index is 1240. The monoisotopic (exact) mass is 386 g/mol. The molecule has 7 nitrogen and oxygen atoms in total. The molecule has 0 bridgehead atoms. The van der Waals surface area contributed by atoms with Crippen LogP contribution in [0.25, 0.3) is 16.6 Å². The van der Waals surface area contributed by atoms with Crippen molar-refractivity contribution < 1.29 is 9.53 Å². The van der Waals surface area contributed by atoms with Gasteiger partial charge in [-0.15, -0.1) is 0 Å². The molecule has 29 heavy (non-hydrogen) atoms. The van der Waals surface area contributed by atoms with Crippen LogP contribution in [0.5, 0.6) is 5.75 Å². The number of amides is 1. The molecule has 0 aliphatic rings. The van der Waals surface area contributed by atoms with Crippen LogP contribution in [-0.2, 0) is 6.54 Å². The first-order valence-corrected chi connectivity index (χ1v) is 8.99. The number of nitrogens with zero attached hydrogens (tertiary/aromatic N) is 3. The van der Waals surface area contributed by atoms with Gasteiger partial charge in [0.2, 0.25) is 0 Å². The lowest BCUT2D eigenvalue weighted by atomic mass is 10.1. The van der Waals surface area contributed by atoms with Gasteiger partial charge in [-0.3, -0.25) is 19.1 Å². The fourth-order valence-corrected chi connectivity index (χ4v) is 3.05. The quantitative estimate of drug-likeness (QED) is 0.570. The molecule has 4 rings (SSSR count). The molecule has 0 fully saturated rings. The highest BCUT2D eigenvalue weighted by molar-refractivity contribution is 5.97. The molecule has 4 aromatic rings. The van der Waals surface area contributed by atoms with E-state index < -0.39 is 0 Å². The van der Waals surface area contributed by atoms with Crippen molar-refractivity contribution in [3.63, 3.8) is 0 Å². The predicted molar refractivity (Wildman–Crippen MR) is 109 cm³/mol. The lowest BCUT2D eigenvalue weighted by molar-refractivity contribution is 0.0951. The average Bonchev–Trinajstić information content (AvgIpc) is 2.78. The van der Waals surface area contributed by atoms with Gasteiger partial charge in [-0.1, -0.05) is 18.2 Å². The average molecular weight is 386 g/mol. The van der Waals surface area contributed by atoms with E-state index >= 15 is 0 Å². The van der Waals surface area contributed by atoms with E-state index in [1.54, 1.807) is 49.8 Å². The molecular weight excluding hydrogens is 368 g/mol. The minimum Gasteiger partial charge on any atom is -0.495 e. The molecule has 1 N–H and O–H groups in total. The molecule has 0 saturated carbocycles. The van der Waals surface area contributed by atoms with Crippen LogP contribution in [0, 0.1) is 0 Å². The Hall–Kier alpha value is -4.00. The third-order valence-corrected chi connectivity index (χ3v) is 4.54. The van der Waals surface area contributed by atoms with Crippen LogP contribution in [0.1, 0.15) is 15.9 Å². The van der Waals surface area contributed by atoms with Crippen LogP contribution in [-0.4, -0.2) is 27.6 Å². The number of nitrogens with one attached hydrogen (secondary N) is 1. The van der Waals surface area contributed by atoms with Crippen LogP contribution >= 0.6 is 0 Å². The summed E-state index contributed by atoms with van der Waals surface area (Å²) < 4.78 is 6.77. The Kier molecular flexibility index (Phi) is 5.03. The number of methoxy groups -OCH3 is 1. The first-order chi connectivity index (χ1) is 14.2. The van der Waals surface area contributed by atoms with Gasteiger partial charge in [-0.2, -0.15) is 0 Å². The van der Waals surface area contributed by atoms with Gasteiger partial charge in [0, 0.05) is 24.5 Å². The summed E-state index contributed by atoms with van der Waals surface area (Å²) in [5.41, 5.74) is 2.16. The smallest absolute Gasteiger partial charge is 0.265 e. The van der Waals surface area contributed by atoms with Gasteiger partial charge in [0.1, 0.15) is 12.1 Å². The molecule has 0 radical (unpaired) electrons. The normalized spacial score (nSPS) is 10.7. The van der Waals surface area contributed by atoms with E-state index in [1.165, 1.54) is 10.9 Å². The highest BCUT2D eigenvalue weighted by Crippen LogP contribution is 2.21. The third kappa shape index (κ3) is 3.70. The van der Waals surface area contributed by atoms with Crippen LogP contribution in [0.2, 0.25) is 0 Å². The molecular formula is C22H18N4O3. The molecule has 0 aliphatic heterocycles. The number of ether oxygens (including phenoxy) is 1. The fourth-order valence-electron chi connectivity index (χ4n) is 3.05. The van der Waals surface area contributed by atoms with Crippen molar-refractivity contribution in [2.24, 2.45) is 0 Å². The van der Waals surface area contributed by atoms with E-state index in [9.17, 15) is 9.59 Å². The van der Waals surface area contributed by atoms with Crippen LogP contribution in [0.4, 0.5) is 0 Å². The SMILES string of the molecule is COc1ccccc1-n1cnc2cc(C(=O)NCc3cccnc3)ccc2c1=O. The summed E-state index contributed by atoms with van der Waals surface area (Å²) in [5, 5.41) is 3.26. The van der Waals surface area contributed by atoms with E-state index in [-0.39, 0.29) is 11.5 Å². The highest BCUT2D eigenvalue weighted by atomic mass is 16.5. The van der Waals surface area contributed by atoms with Crippen molar-refractivity contribution in [1.29, 1.82) is 0 Å². The zero-order valence-electron chi connectivity index (χ0n) is 15.7. The lowest BCUT2D eigenvalue weighted by Crippen LogP contribution is -2.23. The summed E-state index contributed by atoms with van der Waals surface area (Å²) in [6, 6.07) is 15.8. The Labute approximate surface area is 166 Å². The van der Waals surface area contributed by atoms with Crippen molar-refractivity contribution in [3.8, 4) is 11.4 Å². The molecule has 0 unspecified atom stereocenters. The van der Waals surface area contributed by atoms with E-state index in [1.807, 2.05) is 24.3 Å². The van der Waals surface area contributed by atoms with E-state index in [0.29, 0.717) is 34.4 Å². The largest absolute Gasteiger partial charge is 0.495 e. The second kappa shape index (κ2) is 7.93. The summed E-state index contributed by atoms with van der Waals surface area (Å²) in [6.45, 7) is 0.369. The number of aromatic nitrogens is 3. The molecule has 1 amide bonds. The molecule has 0 saturated heterocycles. The second-order valence-electron chi connectivity index (χ2n) is 6.37. The maximum Gasteiger partial charge on any atom is 0.265 e. The predicted octanol–water partition coefficient (Wildman–Crippen LogP) is 2.72. The number of pyridine rings is 1. The van der Waals surface area contributed by atoms with Crippen molar-refractivity contribution >= 4 is 16.8 Å². The number of fused-ring (bicyclic) bond motifs is 1. The summed E-state index contributed by atoms with van der Waals surface area (Å²) in [7, 11) is 1.55. The standard InChI is InChI=1S/C22H18N4O3/c1-29-20-7-3-2-6-19(20)26-14-25-18-11-16(8-9-17(18)22(26)28)21(27)24-13-15-5-4-10-23-12-15/h2-12,14H,13H2,1H3,(H,24,27). The van der Waals surface area contributed by atoms with Gasteiger partial charge < -0.3 is 10.1 Å². The van der Waals surface area contributed by atoms with Gasteiger partial charge in [0.25, 0.3) is 11.5 Å². The maximum atomic E-state index is 12.9. The number of carbonyl (C=O) groups excluding carboxylic acids is 1. The van der Waals surface area contributed by atoms with Gasteiger partial charge in [0.15, 0.2) is 0 Å². The van der Waals surface area contributed by atoms with Crippen molar-refractivity contribution in [3.05, 3.63) is 94.8 Å². The number of para-hydroxylation sites is 2. The fraction of sp³-hybridized carbons (Fsp3) is 0.0909. The Morgan fingerprint density at radius 1 is 1.14 bits per heavy atom. The number of hydrogen-bond acceptors (Lipinski definition) is 5. The molecule has 0 atom stereocenters. The molecule has 2 aromatic heterocycles. The Morgan fingerprint density at radius 2 is 2.00 bits per heavy atom. The zero-order chi connectivity index (χ0) is 20.2. The van der Waals surface area contributed by atoms with Crippen LogP contribution < -0.4 is 15.6 Å². The number of rotatable bonds is 5. The highest BCUT2D eigenvalue weighted by Gasteiger charge is 2.12. The molecule has 7 heteroatoms. The summed E-state index contributed by atoms with van der Waals surface area (Å²) in [5.74, 6) is 0.327. The van der Waals surface area contributed by atoms with Gasteiger partial charge >= 0.3 is 0 Å². The van der Waals surface area contributed by atoms with Gasteiger partial charge in [0.05, 0.1) is 23.7 Å². The Morgan fingerprint density at radius 3 is 2.79 bits per heavy atom. The first-order valence-electron chi connectivity index (χ1n) is 8.99. The minimum absolute atomic E-state index is 0.234. The van der Waals surface area contributed by atoms with Gasteiger partial charge in [-0.05, 0) is 42.0 Å². The number of benzene rings is 2. The van der Waals surface area contributed by atoms with E-state index in [0.717, 1.165) is 5.56 Å². The second-order valence-corrected chi connectivity index (χ2v) is 6.37. The van der Waals surface area contributed by atoms with Gasteiger partial charge in [-0.25, -0.2) is 4.98 Å². The lowest BCUT2D eigenvalue weighted by Gasteiger charge is -2.11. The van der Waals surface area contributed by atoms with E-state index in [4.69, 9.17) is 4.74 Å². The summed E-state index contributed by atoms with van der Waals surface area (Å²) in [4.78, 5) is 33.8. The number of hydrogen-bond donors (Lipinski definition) is 1. The van der Waals surface area contributed by atoms with Crippen LogP contribution in [0.3, 0.4) is 0 Å². The van der Waals surface area contributed by atoms with E-state index in [2.05, 4.69) is 15.3 Å². The topological polar surface area (TPSA) is 86.1 Å². The molecule has 0 spiro atoms. The maximum absolute atomic E-state index is 12.9. The minimum atomic E-state index is -0.244. The first kappa shape index (κ1) is 18.4. The molecule has 2 heterocycles. The van der Waals surface area contributed by atoms with Crippen LogP contribution in [0.15, 0.2) is 78.1 Å². The van der Waals surface area contributed by atoms with Crippen molar-refractivity contribution in [1.82, 2.24) is 19.9 Å². The molecule has 2 aromatic carbocycles. The van der Waals surface area contributed by atoms with Crippen molar-refractivity contribution in [2.45, 2.75) is 6.54 Å². The summed E-state index contributed by atoms with van der Waals surface area (Å²) >= 11 is 0. The molecule has 0 aliphatic carbocycles.